The number of aryl methyl sites for hydroxylation is 2. The Morgan fingerprint density at radius 1 is 1.26 bits per heavy atom. The van der Waals surface area contributed by atoms with Crippen molar-refractivity contribution in [1.82, 2.24) is 9.88 Å². The standard InChI is InChI=1S/C20H26F2N4O/c1-14-11-15(2)24-19(17(14)13-23)26-7-3-16(4-8-26)12-18(27)25-9-5-20(21,22)6-10-25/h11,16H,3-10,12H2,1-2H3. The number of nitrogens with zero attached hydrogens (tertiary/aromatic N) is 4. The van der Waals surface area contributed by atoms with Crippen LogP contribution in [0.15, 0.2) is 6.07 Å². The number of pyridine rings is 1. The number of rotatable bonds is 3. The minimum Gasteiger partial charge on any atom is -0.355 e. The van der Waals surface area contributed by atoms with Crippen LogP contribution in [0.25, 0.3) is 0 Å². The second kappa shape index (κ2) is 7.79. The number of piperidine rings is 2. The molecule has 2 saturated heterocycles. The fourth-order valence-corrected chi connectivity index (χ4v) is 3.99. The largest absolute Gasteiger partial charge is 0.355 e. The lowest BCUT2D eigenvalue weighted by Gasteiger charge is -2.36. The molecule has 0 bridgehead atoms. The van der Waals surface area contributed by atoms with Crippen LogP contribution in [0.2, 0.25) is 0 Å². The molecule has 0 aliphatic carbocycles. The molecule has 27 heavy (non-hydrogen) atoms. The molecule has 0 saturated carbocycles. The van der Waals surface area contributed by atoms with E-state index >= 15 is 0 Å². The molecule has 0 radical (unpaired) electrons. The summed E-state index contributed by atoms with van der Waals surface area (Å²) in [5.74, 6) is -1.64. The number of alkyl halides is 2. The lowest BCUT2D eigenvalue weighted by Crippen LogP contribution is -2.44. The number of hydrogen-bond donors (Lipinski definition) is 0. The Hall–Kier alpha value is -2.23. The number of amides is 1. The first-order chi connectivity index (χ1) is 12.8. The Morgan fingerprint density at radius 3 is 2.48 bits per heavy atom. The summed E-state index contributed by atoms with van der Waals surface area (Å²) in [4.78, 5) is 20.7. The van der Waals surface area contributed by atoms with Crippen molar-refractivity contribution in [3.63, 3.8) is 0 Å². The molecule has 3 heterocycles. The minimum absolute atomic E-state index is 0.00816. The van der Waals surface area contributed by atoms with E-state index in [1.165, 1.54) is 0 Å². The molecule has 0 unspecified atom stereocenters. The third-order valence-corrected chi connectivity index (χ3v) is 5.66. The topological polar surface area (TPSA) is 60.2 Å². The summed E-state index contributed by atoms with van der Waals surface area (Å²) < 4.78 is 26.5. The molecule has 7 heteroatoms. The van der Waals surface area contributed by atoms with E-state index in [1.54, 1.807) is 4.90 Å². The molecular formula is C20H26F2N4O. The third-order valence-electron chi connectivity index (χ3n) is 5.66. The van der Waals surface area contributed by atoms with Gasteiger partial charge in [0.1, 0.15) is 11.9 Å². The predicted molar refractivity (Wildman–Crippen MR) is 98.7 cm³/mol. The van der Waals surface area contributed by atoms with Gasteiger partial charge in [0.05, 0.1) is 5.56 Å². The molecule has 0 N–H and O–H groups in total. The van der Waals surface area contributed by atoms with Crippen molar-refractivity contribution in [1.29, 1.82) is 5.26 Å². The third kappa shape index (κ3) is 4.55. The molecule has 5 nitrogen and oxygen atoms in total. The fraction of sp³-hybridized carbons (Fsp3) is 0.650. The van der Waals surface area contributed by atoms with Crippen molar-refractivity contribution in [2.75, 3.05) is 31.1 Å². The lowest BCUT2D eigenvalue weighted by molar-refractivity contribution is -0.138. The zero-order valence-corrected chi connectivity index (χ0v) is 16.0. The van der Waals surface area contributed by atoms with Crippen LogP contribution in [-0.4, -0.2) is 47.9 Å². The Bertz CT molecular complexity index is 741. The Labute approximate surface area is 159 Å². The number of nitriles is 1. The van der Waals surface area contributed by atoms with Gasteiger partial charge in [-0.15, -0.1) is 0 Å². The molecule has 2 aliphatic rings. The average Bonchev–Trinajstić information content (AvgIpc) is 2.61. The molecule has 1 aromatic heterocycles. The smallest absolute Gasteiger partial charge is 0.251 e. The van der Waals surface area contributed by atoms with Gasteiger partial charge in [-0.05, 0) is 44.2 Å². The molecule has 0 atom stereocenters. The molecule has 0 spiro atoms. The number of carbonyl (C=O) groups excluding carboxylic acids is 1. The van der Waals surface area contributed by atoms with Crippen LogP contribution in [0.3, 0.4) is 0 Å². The fourth-order valence-electron chi connectivity index (χ4n) is 3.99. The zero-order chi connectivity index (χ0) is 19.6. The lowest BCUT2D eigenvalue weighted by atomic mass is 9.92. The van der Waals surface area contributed by atoms with E-state index in [0.717, 1.165) is 43.0 Å². The van der Waals surface area contributed by atoms with Gasteiger partial charge in [0, 0.05) is 51.1 Å². The first-order valence-electron chi connectivity index (χ1n) is 9.58. The number of likely N-dealkylation sites (tertiary alicyclic amines) is 1. The summed E-state index contributed by atoms with van der Waals surface area (Å²) in [5.41, 5.74) is 2.43. The van der Waals surface area contributed by atoms with Crippen molar-refractivity contribution in [3.05, 3.63) is 22.9 Å². The van der Waals surface area contributed by atoms with Crippen LogP contribution >= 0.6 is 0 Å². The second-order valence-corrected chi connectivity index (χ2v) is 7.76. The van der Waals surface area contributed by atoms with Crippen molar-refractivity contribution >= 4 is 11.7 Å². The number of halogens is 2. The highest BCUT2D eigenvalue weighted by molar-refractivity contribution is 5.76. The Balaban J connectivity index is 1.56. The van der Waals surface area contributed by atoms with Crippen molar-refractivity contribution in [3.8, 4) is 6.07 Å². The second-order valence-electron chi connectivity index (χ2n) is 7.76. The summed E-state index contributed by atoms with van der Waals surface area (Å²) >= 11 is 0. The van der Waals surface area contributed by atoms with Crippen LogP contribution in [0.5, 0.6) is 0 Å². The highest BCUT2D eigenvalue weighted by Crippen LogP contribution is 2.31. The summed E-state index contributed by atoms with van der Waals surface area (Å²) in [6.07, 6.45) is 1.65. The predicted octanol–water partition coefficient (Wildman–Crippen LogP) is 3.43. The zero-order valence-electron chi connectivity index (χ0n) is 16.0. The van der Waals surface area contributed by atoms with Gasteiger partial charge in [-0.2, -0.15) is 5.26 Å². The monoisotopic (exact) mass is 376 g/mol. The van der Waals surface area contributed by atoms with Crippen LogP contribution in [0.1, 0.15) is 48.9 Å². The van der Waals surface area contributed by atoms with Gasteiger partial charge in [-0.3, -0.25) is 4.79 Å². The van der Waals surface area contributed by atoms with Crippen LogP contribution in [-0.2, 0) is 4.79 Å². The van der Waals surface area contributed by atoms with Gasteiger partial charge in [0.25, 0.3) is 5.92 Å². The first-order valence-corrected chi connectivity index (χ1v) is 9.58. The van der Waals surface area contributed by atoms with Crippen molar-refractivity contribution in [2.45, 2.75) is 51.9 Å². The Kier molecular flexibility index (Phi) is 5.64. The van der Waals surface area contributed by atoms with E-state index in [1.807, 2.05) is 19.9 Å². The normalized spacial score (nSPS) is 20.4. The molecule has 1 aromatic rings. The first kappa shape index (κ1) is 19.5. The molecular weight excluding hydrogens is 350 g/mol. The summed E-state index contributed by atoms with van der Waals surface area (Å²) in [7, 11) is 0. The summed E-state index contributed by atoms with van der Waals surface area (Å²) in [5, 5.41) is 9.45. The van der Waals surface area contributed by atoms with Gasteiger partial charge >= 0.3 is 0 Å². The molecule has 2 aliphatic heterocycles. The molecule has 0 aromatic carbocycles. The van der Waals surface area contributed by atoms with E-state index in [4.69, 9.17) is 0 Å². The van der Waals surface area contributed by atoms with Gasteiger partial charge in [-0.1, -0.05) is 0 Å². The summed E-state index contributed by atoms with van der Waals surface area (Å²) in [6.45, 7) is 5.65. The van der Waals surface area contributed by atoms with Gasteiger partial charge in [0.2, 0.25) is 5.91 Å². The van der Waals surface area contributed by atoms with E-state index < -0.39 is 5.92 Å². The summed E-state index contributed by atoms with van der Waals surface area (Å²) in [6, 6.07) is 4.17. The van der Waals surface area contributed by atoms with Crippen molar-refractivity contribution in [2.24, 2.45) is 5.92 Å². The van der Waals surface area contributed by atoms with Gasteiger partial charge in [0.15, 0.2) is 0 Å². The van der Waals surface area contributed by atoms with Crippen LogP contribution in [0.4, 0.5) is 14.6 Å². The van der Waals surface area contributed by atoms with E-state index in [-0.39, 0.29) is 37.8 Å². The molecule has 3 rings (SSSR count). The van der Waals surface area contributed by atoms with Gasteiger partial charge in [-0.25, -0.2) is 13.8 Å². The van der Waals surface area contributed by atoms with E-state index in [9.17, 15) is 18.8 Å². The molecule has 146 valence electrons. The van der Waals surface area contributed by atoms with Crippen LogP contribution < -0.4 is 4.90 Å². The number of anilines is 1. The highest BCUT2D eigenvalue weighted by atomic mass is 19.3. The SMILES string of the molecule is Cc1cc(C)c(C#N)c(N2CCC(CC(=O)N3CCC(F)(F)CC3)CC2)n1. The van der Waals surface area contributed by atoms with E-state index in [2.05, 4.69) is 16.0 Å². The minimum atomic E-state index is -2.63. The average molecular weight is 376 g/mol. The Morgan fingerprint density at radius 2 is 1.89 bits per heavy atom. The number of aromatic nitrogens is 1. The quantitative estimate of drug-likeness (QED) is 0.811. The molecule has 1 amide bonds. The number of hydrogen-bond acceptors (Lipinski definition) is 4. The number of carbonyl (C=O) groups is 1. The maximum Gasteiger partial charge on any atom is 0.251 e. The molecule has 2 fully saturated rings. The maximum absolute atomic E-state index is 13.3. The van der Waals surface area contributed by atoms with E-state index in [0.29, 0.717) is 12.0 Å². The van der Waals surface area contributed by atoms with Crippen LogP contribution in [0, 0.1) is 31.1 Å². The highest BCUT2D eigenvalue weighted by Gasteiger charge is 2.36. The van der Waals surface area contributed by atoms with Crippen molar-refractivity contribution < 1.29 is 13.6 Å². The maximum atomic E-state index is 13.3. The van der Waals surface area contributed by atoms with Gasteiger partial charge < -0.3 is 9.80 Å².